The molecule has 1 aromatic rings. The van der Waals surface area contributed by atoms with E-state index in [1.807, 2.05) is 0 Å². The molecule has 0 spiro atoms. The van der Waals surface area contributed by atoms with E-state index in [1.165, 1.54) is 12.1 Å². The van der Waals surface area contributed by atoms with Crippen molar-refractivity contribution in [3.8, 4) is 11.8 Å². The first kappa shape index (κ1) is 14.7. The molecule has 1 aromatic carbocycles. The molecule has 0 saturated heterocycles. The van der Waals surface area contributed by atoms with Gasteiger partial charge in [-0.15, -0.1) is 0 Å². The number of rotatable bonds is 6. The van der Waals surface area contributed by atoms with E-state index in [1.54, 1.807) is 6.07 Å². The van der Waals surface area contributed by atoms with E-state index in [4.69, 9.17) is 9.84 Å². The first-order valence-corrected chi connectivity index (χ1v) is 6.23. The van der Waals surface area contributed by atoms with Crippen LogP contribution in [0.5, 0.6) is 0 Å². The molecule has 1 N–H and O–H groups in total. The Hall–Kier alpha value is -1.37. The van der Waals surface area contributed by atoms with Crippen LogP contribution in [0.15, 0.2) is 18.2 Å². The summed E-state index contributed by atoms with van der Waals surface area (Å²) in [5, 5.41) is 8.60. The normalized spacial score (nSPS) is 9.94. The Labute approximate surface area is 108 Å². The van der Waals surface area contributed by atoms with Gasteiger partial charge < -0.3 is 9.84 Å². The first-order chi connectivity index (χ1) is 8.76. The SMILES string of the molecule is CCCCCOCc1cc(F)cc(C#CCO)c1. The minimum absolute atomic E-state index is 0.223. The Balaban J connectivity index is 2.52. The van der Waals surface area contributed by atoms with Crippen molar-refractivity contribution in [2.45, 2.75) is 32.8 Å². The Morgan fingerprint density at radius 2 is 2.11 bits per heavy atom. The van der Waals surface area contributed by atoms with Gasteiger partial charge in [-0.3, -0.25) is 0 Å². The molecule has 0 aromatic heterocycles. The third-order valence-electron chi connectivity index (χ3n) is 2.43. The van der Waals surface area contributed by atoms with E-state index in [0.717, 1.165) is 24.8 Å². The predicted molar refractivity (Wildman–Crippen MR) is 69.5 cm³/mol. The molecule has 1 rings (SSSR count). The van der Waals surface area contributed by atoms with Gasteiger partial charge in [0.05, 0.1) is 6.61 Å². The van der Waals surface area contributed by atoms with Crippen LogP contribution in [0.2, 0.25) is 0 Å². The average Bonchev–Trinajstić information content (AvgIpc) is 2.35. The van der Waals surface area contributed by atoms with Crippen molar-refractivity contribution in [1.82, 2.24) is 0 Å². The molecule has 18 heavy (non-hydrogen) atoms. The standard InChI is InChI=1S/C15H19FO2/c1-2-3-4-8-18-12-14-9-13(6-5-7-17)10-15(16)11-14/h9-11,17H,2-4,7-8,12H2,1H3. The smallest absolute Gasteiger partial charge is 0.124 e. The average molecular weight is 250 g/mol. The second-order valence-corrected chi connectivity index (χ2v) is 4.07. The number of hydrogen-bond donors (Lipinski definition) is 1. The van der Waals surface area contributed by atoms with Gasteiger partial charge in [0.1, 0.15) is 12.4 Å². The zero-order valence-corrected chi connectivity index (χ0v) is 10.7. The van der Waals surface area contributed by atoms with E-state index in [2.05, 4.69) is 18.8 Å². The summed E-state index contributed by atoms with van der Waals surface area (Å²) in [6.07, 6.45) is 3.34. The predicted octanol–water partition coefficient (Wildman–Crippen LogP) is 2.88. The first-order valence-electron chi connectivity index (χ1n) is 6.23. The summed E-state index contributed by atoms with van der Waals surface area (Å²) in [7, 11) is 0. The Kier molecular flexibility index (Phi) is 7.09. The van der Waals surface area contributed by atoms with Crippen LogP contribution in [0.25, 0.3) is 0 Å². The molecule has 0 bridgehead atoms. The molecule has 0 aliphatic rings. The zero-order chi connectivity index (χ0) is 13.2. The third kappa shape index (κ3) is 5.81. The van der Waals surface area contributed by atoms with Crippen LogP contribution in [0.1, 0.15) is 37.3 Å². The van der Waals surface area contributed by atoms with E-state index >= 15 is 0 Å². The number of aliphatic hydroxyl groups excluding tert-OH is 1. The molecule has 0 radical (unpaired) electrons. The van der Waals surface area contributed by atoms with Gasteiger partial charge in [0.2, 0.25) is 0 Å². The highest BCUT2D eigenvalue weighted by atomic mass is 19.1. The lowest BCUT2D eigenvalue weighted by molar-refractivity contribution is 0.117. The van der Waals surface area contributed by atoms with Crippen LogP contribution in [-0.2, 0) is 11.3 Å². The summed E-state index contributed by atoms with van der Waals surface area (Å²) in [5.41, 5.74) is 1.34. The van der Waals surface area contributed by atoms with Crippen LogP contribution in [0.4, 0.5) is 4.39 Å². The van der Waals surface area contributed by atoms with E-state index in [-0.39, 0.29) is 12.4 Å². The Morgan fingerprint density at radius 1 is 1.28 bits per heavy atom. The number of ether oxygens (including phenoxy) is 1. The van der Waals surface area contributed by atoms with Gasteiger partial charge in [-0.1, -0.05) is 31.6 Å². The molecule has 0 atom stereocenters. The molecular formula is C15H19FO2. The quantitative estimate of drug-likeness (QED) is 0.621. The van der Waals surface area contributed by atoms with Gasteiger partial charge >= 0.3 is 0 Å². The number of unbranched alkanes of at least 4 members (excludes halogenated alkanes) is 2. The van der Waals surface area contributed by atoms with Crippen molar-refractivity contribution in [3.05, 3.63) is 35.1 Å². The molecule has 0 heterocycles. The summed E-state index contributed by atoms with van der Waals surface area (Å²) in [5.74, 6) is 4.86. The topological polar surface area (TPSA) is 29.5 Å². The van der Waals surface area contributed by atoms with Gasteiger partial charge in [-0.2, -0.15) is 0 Å². The molecule has 0 amide bonds. The maximum Gasteiger partial charge on any atom is 0.124 e. The van der Waals surface area contributed by atoms with Gasteiger partial charge in [0, 0.05) is 12.2 Å². The molecular weight excluding hydrogens is 231 g/mol. The summed E-state index contributed by atoms with van der Waals surface area (Å²) >= 11 is 0. The maximum atomic E-state index is 13.3. The summed E-state index contributed by atoms with van der Waals surface area (Å²) in [4.78, 5) is 0. The summed E-state index contributed by atoms with van der Waals surface area (Å²) < 4.78 is 18.8. The number of halogens is 1. The fourth-order valence-electron chi connectivity index (χ4n) is 1.59. The van der Waals surface area contributed by atoms with E-state index in [9.17, 15) is 4.39 Å². The van der Waals surface area contributed by atoms with Gasteiger partial charge in [-0.05, 0) is 30.2 Å². The minimum atomic E-state index is -0.327. The lowest BCUT2D eigenvalue weighted by Crippen LogP contribution is -1.97. The van der Waals surface area contributed by atoms with Crippen molar-refractivity contribution >= 4 is 0 Å². The zero-order valence-electron chi connectivity index (χ0n) is 10.7. The molecule has 0 aliphatic carbocycles. The number of benzene rings is 1. The molecule has 0 unspecified atom stereocenters. The van der Waals surface area contributed by atoms with Gasteiger partial charge in [-0.25, -0.2) is 4.39 Å². The lowest BCUT2D eigenvalue weighted by Gasteiger charge is -2.05. The van der Waals surface area contributed by atoms with Crippen molar-refractivity contribution < 1.29 is 14.2 Å². The van der Waals surface area contributed by atoms with Crippen LogP contribution >= 0.6 is 0 Å². The fourth-order valence-corrected chi connectivity index (χ4v) is 1.59. The Bertz CT molecular complexity index is 418. The van der Waals surface area contributed by atoms with Crippen molar-refractivity contribution in [2.24, 2.45) is 0 Å². The maximum absolute atomic E-state index is 13.3. The van der Waals surface area contributed by atoms with Crippen LogP contribution in [0.3, 0.4) is 0 Å². The largest absolute Gasteiger partial charge is 0.384 e. The third-order valence-corrected chi connectivity index (χ3v) is 2.43. The van der Waals surface area contributed by atoms with Crippen LogP contribution < -0.4 is 0 Å². The lowest BCUT2D eigenvalue weighted by atomic mass is 10.1. The highest BCUT2D eigenvalue weighted by molar-refractivity contribution is 5.37. The summed E-state index contributed by atoms with van der Waals surface area (Å²) in [6, 6.07) is 4.58. The van der Waals surface area contributed by atoms with Crippen LogP contribution in [-0.4, -0.2) is 18.3 Å². The van der Waals surface area contributed by atoms with E-state index < -0.39 is 0 Å². The Morgan fingerprint density at radius 3 is 2.83 bits per heavy atom. The number of hydrogen-bond acceptors (Lipinski definition) is 2. The monoisotopic (exact) mass is 250 g/mol. The molecule has 0 aliphatic heterocycles. The van der Waals surface area contributed by atoms with Crippen molar-refractivity contribution in [2.75, 3.05) is 13.2 Å². The highest BCUT2D eigenvalue weighted by Gasteiger charge is 1.99. The second-order valence-electron chi connectivity index (χ2n) is 4.07. The molecule has 0 saturated carbocycles. The highest BCUT2D eigenvalue weighted by Crippen LogP contribution is 2.10. The van der Waals surface area contributed by atoms with Gasteiger partial charge in [0.15, 0.2) is 0 Å². The molecule has 0 fully saturated rings. The molecule has 98 valence electrons. The van der Waals surface area contributed by atoms with E-state index in [0.29, 0.717) is 18.8 Å². The fraction of sp³-hybridized carbons (Fsp3) is 0.467. The van der Waals surface area contributed by atoms with Crippen LogP contribution in [0, 0.1) is 17.7 Å². The minimum Gasteiger partial charge on any atom is -0.384 e. The summed E-state index contributed by atoms with van der Waals surface area (Å²) in [6.45, 7) is 3.01. The second kappa shape index (κ2) is 8.68. The van der Waals surface area contributed by atoms with Crippen molar-refractivity contribution in [3.63, 3.8) is 0 Å². The van der Waals surface area contributed by atoms with Gasteiger partial charge in [0.25, 0.3) is 0 Å². The van der Waals surface area contributed by atoms with Crippen molar-refractivity contribution in [1.29, 1.82) is 0 Å². The number of aliphatic hydroxyl groups is 1. The molecule has 2 nitrogen and oxygen atoms in total. The molecule has 3 heteroatoms.